The molecular formula is C13H17NO5S. The van der Waals surface area contributed by atoms with E-state index in [-0.39, 0.29) is 22.6 Å². The van der Waals surface area contributed by atoms with Crippen LogP contribution in [0, 0.1) is 0 Å². The number of carboxylic acids is 1. The van der Waals surface area contributed by atoms with Crippen LogP contribution in [-0.4, -0.2) is 37.2 Å². The third kappa shape index (κ3) is 3.80. The molecule has 0 spiro atoms. The smallest absolute Gasteiger partial charge is 0.326 e. The second-order valence-corrected chi connectivity index (χ2v) is 6.48. The molecular weight excluding hydrogens is 282 g/mol. The van der Waals surface area contributed by atoms with E-state index in [1.54, 1.807) is 6.92 Å². The standard InChI is InChI=1S/C13H17NO5S/c1-3-11(13(16)17)14-12(15)9-5-7-10(8-6-9)20(18,19)4-2/h5-8,11H,3-4H2,1-2H3,(H,14,15)(H,16,17). The van der Waals surface area contributed by atoms with E-state index < -0.39 is 27.8 Å². The number of amides is 1. The molecule has 0 aliphatic heterocycles. The average Bonchev–Trinajstić information content (AvgIpc) is 2.44. The van der Waals surface area contributed by atoms with Crippen molar-refractivity contribution in [1.29, 1.82) is 0 Å². The van der Waals surface area contributed by atoms with Crippen LogP contribution in [0.4, 0.5) is 0 Å². The number of hydrogen-bond acceptors (Lipinski definition) is 4. The first-order valence-corrected chi connectivity index (χ1v) is 7.83. The molecule has 1 unspecified atom stereocenters. The minimum Gasteiger partial charge on any atom is -0.480 e. The van der Waals surface area contributed by atoms with E-state index in [1.165, 1.54) is 31.2 Å². The Morgan fingerprint density at radius 2 is 1.75 bits per heavy atom. The summed E-state index contributed by atoms with van der Waals surface area (Å²) in [6.07, 6.45) is 0.267. The fourth-order valence-electron chi connectivity index (χ4n) is 1.56. The monoisotopic (exact) mass is 299 g/mol. The molecule has 110 valence electrons. The minimum atomic E-state index is -3.31. The molecule has 0 fully saturated rings. The molecule has 0 aliphatic carbocycles. The van der Waals surface area contributed by atoms with Gasteiger partial charge in [0.1, 0.15) is 6.04 Å². The maximum Gasteiger partial charge on any atom is 0.326 e. The van der Waals surface area contributed by atoms with Crippen molar-refractivity contribution in [3.8, 4) is 0 Å². The summed E-state index contributed by atoms with van der Waals surface area (Å²) in [5.74, 6) is -1.67. The van der Waals surface area contributed by atoms with E-state index in [2.05, 4.69) is 5.32 Å². The second-order valence-electron chi connectivity index (χ2n) is 4.20. The first-order chi connectivity index (χ1) is 9.31. The Labute approximate surface area is 117 Å². The molecule has 0 aromatic heterocycles. The number of hydrogen-bond donors (Lipinski definition) is 2. The largest absolute Gasteiger partial charge is 0.480 e. The van der Waals surface area contributed by atoms with Gasteiger partial charge < -0.3 is 10.4 Å². The number of rotatable bonds is 6. The lowest BCUT2D eigenvalue weighted by molar-refractivity contribution is -0.139. The van der Waals surface area contributed by atoms with E-state index in [9.17, 15) is 18.0 Å². The van der Waals surface area contributed by atoms with Gasteiger partial charge in [-0.15, -0.1) is 0 Å². The Bertz CT molecular complexity index is 592. The Hall–Kier alpha value is -1.89. The summed E-state index contributed by atoms with van der Waals surface area (Å²) in [5.41, 5.74) is 0.222. The second kappa shape index (κ2) is 6.51. The SMILES string of the molecule is CCC(NC(=O)c1ccc(S(=O)(=O)CC)cc1)C(=O)O. The summed E-state index contributed by atoms with van der Waals surface area (Å²) in [5, 5.41) is 11.2. The summed E-state index contributed by atoms with van der Waals surface area (Å²) in [6.45, 7) is 3.19. The van der Waals surface area contributed by atoms with Gasteiger partial charge in [0.05, 0.1) is 10.6 Å². The lowest BCUT2D eigenvalue weighted by Gasteiger charge is -2.12. The van der Waals surface area contributed by atoms with Crippen LogP contribution in [0.1, 0.15) is 30.6 Å². The molecule has 1 rings (SSSR count). The highest BCUT2D eigenvalue weighted by atomic mass is 32.2. The first kappa shape index (κ1) is 16.2. The Morgan fingerprint density at radius 3 is 2.15 bits per heavy atom. The van der Waals surface area contributed by atoms with Gasteiger partial charge in [0, 0.05) is 5.56 Å². The number of aliphatic carboxylic acids is 1. The molecule has 6 nitrogen and oxygen atoms in total. The molecule has 1 amide bonds. The molecule has 0 heterocycles. The van der Waals surface area contributed by atoms with Crippen LogP contribution in [0.5, 0.6) is 0 Å². The van der Waals surface area contributed by atoms with E-state index in [0.29, 0.717) is 0 Å². The molecule has 0 bridgehead atoms. The average molecular weight is 299 g/mol. The van der Waals surface area contributed by atoms with Gasteiger partial charge in [-0.25, -0.2) is 13.2 Å². The summed E-state index contributed by atoms with van der Waals surface area (Å²) < 4.78 is 23.2. The van der Waals surface area contributed by atoms with E-state index in [1.807, 2.05) is 0 Å². The number of carboxylic acid groups (broad SMARTS) is 1. The van der Waals surface area contributed by atoms with Crippen molar-refractivity contribution in [2.45, 2.75) is 31.2 Å². The zero-order valence-electron chi connectivity index (χ0n) is 11.3. The fourth-order valence-corrected chi connectivity index (χ4v) is 2.44. The van der Waals surface area contributed by atoms with Gasteiger partial charge in [-0.3, -0.25) is 4.79 Å². The van der Waals surface area contributed by atoms with Gasteiger partial charge in [-0.2, -0.15) is 0 Å². The molecule has 1 aromatic rings. The van der Waals surface area contributed by atoms with E-state index in [0.717, 1.165) is 0 Å². The van der Waals surface area contributed by atoms with Gasteiger partial charge in [-0.1, -0.05) is 13.8 Å². The zero-order valence-corrected chi connectivity index (χ0v) is 12.1. The number of sulfone groups is 1. The van der Waals surface area contributed by atoms with Crippen molar-refractivity contribution in [1.82, 2.24) is 5.32 Å². The fraction of sp³-hybridized carbons (Fsp3) is 0.385. The predicted molar refractivity (Wildman–Crippen MR) is 73.3 cm³/mol. The van der Waals surface area contributed by atoms with Crippen molar-refractivity contribution in [3.05, 3.63) is 29.8 Å². The quantitative estimate of drug-likeness (QED) is 0.818. The lowest BCUT2D eigenvalue weighted by atomic mass is 10.1. The summed E-state index contributed by atoms with van der Waals surface area (Å²) >= 11 is 0. The van der Waals surface area contributed by atoms with Crippen molar-refractivity contribution >= 4 is 21.7 Å². The Morgan fingerprint density at radius 1 is 1.20 bits per heavy atom. The van der Waals surface area contributed by atoms with Crippen LogP contribution < -0.4 is 5.32 Å². The highest BCUT2D eigenvalue weighted by Gasteiger charge is 2.19. The molecule has 1 aromatic carbocycles. The summed E-state index contributed by atoms with van der Waals surface area (Å²) in [6, 6.07) is 4.46. The Kier molecular flexibility index (Phi) is 5.26. The van der Waals surface area contributed by atoms with Gasteiger partial charge >= 0.3 is 5.97 Å². The molecule has 2 N–H and O–H groups in total. The maximum absolute atomic E-state index is 11.8. The Balaban J connectivity index is 2.89. The van der Waals surface area contributed by atoms with Crippen molar-refractivity contribution < 1.29 is 23.1 Å². The molecule has 7 heteroatoms. The third-order valence-corrected chi connectivity index (χ3v) is 4.62. The zero-order chi connectivity index (χ0) is 15.3. The maximum atomic E-state index is 11.8. The third-order valence-electron chi connectivity index (χ3n) is 2.87. The summed E-state index contributed by atoms with van der Waals surface area (Å²) in [7, 11) is -3.31. The highest BCUT2D eigenvalue weighted by molar-refractivity contribution is 7.91. The van der Waals surface area contributed by atoms with Crippen molar-refractivity contribution in [2.75, 3.05) is 5.75 Å². The molecule has 20 heavy (non-hydrogen) atoms. The number of carbonyl (C=O) groups is 2. The lowest BCUT2D eigenvalue weighted by Crippen LogP contribution is -2.40. The van der Waals surface area contributed by atoms with E-state index >= 15 is 0 Å². The molecule has 0 aliphatic rings. The van der Waals surface area contributed by atoms with Crippen LogP contribution in [0.25, 0.3) is 0 Å². The number of benzene rings is 1. The topological polar surface area (TPSA) is 101 Å². The van der Waals surface area contributed by atoms with Gasteiger partial charge in [-0.05, 0) is 30.7 Å². The molecule has 0 saturated heterocycles. The van der Waals surface area contributed by atoms with E-state index in [4.69, 9.17) is 5.11 Å². The molecule has 0 radical (unpaired) electrons. The molecule has 0 saturated carbocycles. The highest BCUT2D eigenvalue weighted by Crippen LogP contribution is 2.12. The number of nitrogens with one attached hydrogen (secondary N) is 1. The van der Waals surface area contributed by atoms with Crippen molar-refractivity contribution in [2.24, 2.45) is 0 Å². The van der Waals surface area contributed by atoms with Gasteiger partial charge in [0.25, 0.3) is 5.91 Å². The van der Waals surface area contributed by atoms with Crippen LogP contribution in [0.15, 0.2) is 29.2 Å². The van der Waals surface area contributed by atoms with Crippen LogP contribution in [0.2, 0.25) is 0 Å². The van der Waals surface area contributed by atoms with Gasteiger partial charge in [0.15, 0.2) is 9.84 Å². The first-order valence-electron chi connectivity index (χ1n) is 6.18. The normalized spacial score (nSPS) is 12.7. The minimum absolute atomic E-state index is 0.0184. The predicted octanol–water partition coefficient (Wildman–Crippen LogP) is 1.07. The van der Waals surface area contributed by atoms with Crippen molar-refractivity contribution in [3.63, 3.8) is 0 Å². The molecule has 1 atom stereocenters. The van der Waals surface area contributed by atoms with Gasteiger partial charge in [0.2, 0.25) is 0 Å². The number of carbonyl (C=O) groups excluding carboxylic acids is 1. The summed E-state index contributed by atoms with van der Waals surface area (Å²) in [4.78, 5) is 22.8. The van der Waals surface area contributed by atoms with Crippen LogP contribution >= 0.6 is 0 Å². The van der Waals surface area contributed by atoms with Crippen LogP contribution in [-0.2, 0) is 14.6 Å². The van der Waals surface area contributed by atoms with Crippen LogP contribution in [0.3, 0.4) is 0 Å².